The number of benzene rings is 1. The first-order chi connectivity index (χ1) is 9.04. The summed E-state index contributed by atoms with van der Waals surface area (Å²) in [6.45, 7) is 3.56. The van der Waals surface area contributed by atoms with Crippen molar-refractivity contribution in [3.05, 3.63) is 29.8 Å². The van der Waals surface area contributed by atoms with Gasteiger partial charge in [0.25, 0.3) is 0 Å². The van der Waals surface area contributed by atoms with Crippen molar-refractivity contribution in [1.82, 2.24) is 15.0 Å². The molecule has 1 aromatic heterocycles. The second-order valence-electron chi connectivity index (χ2n) is 4.99. The number of halogens is 2. The summed E-state index contributed by atoms with van der Waals surface area (Å²) in [7, 11) is 0. The molecule has 100 valence electrons. The van der Waals surface area contributed by atoms with E-state index in [1.807, 2.05) is 0 Å². The highest BCUT2D eigenvalue weighted by Crippen LogP contribution is 2.34. The maximum absolute atomic E-state index is 14.0. The van der Waals surface area contributed by atoms with E-state index in [0.29, 0.717) is 12.8 Å². The van der Waals surface area contributed by atoms with Crippen LogP contribution in [0.2, 0.25) is 0 Å². The molecule has 2 aromatic rings. The zero-order valence-corrected chi connectivity index (χ0v) is 10.2. The second kappa shape index (κ2) is 4.09. The maximum atomic E-state index is 14.0. The molecule has 1 saturated carbocycles. The van der Waals surface area contributed by atoms with E-state index in [1.54, 1.807) is 0 Å². The molecule has 1 aliphatic rings. The van der Waals surface area contributed by atoms with Gasteiger partial charge in [-0.25, -0.2) is 13.5 Å². The lowest BCUT2D eigenvalue weighted by atomic mass is 9.80. The zero-order valence-electron chi connectivity index (χ0n) is 10.2. The van der Waals surface area contributed by atoms with Crippen molar-refractivity contribution in [2.75, 3.05) is 0 Å². The molecule has 1 heterocycles. The van der Waals surface area contributed by atoms with Crippen LogP contribution in [0, 0.1) is 11.6 Å². The lowest BCUT2D eigenvalue weighted by Gasteiger charge is -2.36. The SMILES string of the molecule is C=Cc1cc2nnn(CC3(O)CCC3)c2c(F)c1F. The molecular weight excluding hydrogens is 252 g/mol. The van der Waals surface area contributed by atoms with Crippen LogP contribution in [0.5, 0.6) is 0 Å². The van der Waals surface area contributed by atoms with Crippen LogP contribution in [0.25, 0.3) is 17.1 Å². The van der Waals surface area contributed by atoms with Crippen molar-refractivity contribution < 1.29 is 13.9 Å². The zero-order chi connectivity index (χ0) is 13.6. The minimum atomic E-state index is -1.000. The summed E-state index contributed by atoms with van der Waals surface area (Å²) in [4.78, 5) is 0. The van der Waals surface area contributed by atoms with Gasteiger partial charge in [0.05, 0.1) is 12.1 Å². The average Bonchev–Trinajstić information content (AvgIpc) is 2.74. The monoisotopic (exact) mass is 265 g/mol. The van der Waals surface area contributed by atoms with E-state index in [9.17, 15) is 13.9 Å². The summed E-state index contributed by atoms with van der Waals surface area (Å²) in [5.41, 5.74) is -0.569. The number of aromatic nitrogens is 3. The summed E-state index contributed by atoms with van der Waals surface area (Å²) in [5.74, 6) is -1.97. The van der Waals surface area contributed by atoms with Gasteiger partial charge in [-0.2, -0.15) is 0 Å². The van der Waals surface area contributed by atoms with E-state index in [2.05, 4.69) is 16.9 Å². The van der Waals surface area contributed by atoms with E-state index in [4.69, 9.17) is 0 Å². The first-order valence-electron chi connectivity index (χ1n) is 6.10. The maximum Gasteiger partial charge on any atom is 0.186 e. The van der Waals surface area contributed by atoms with Crippen LogP contribution >= 0.6 is 0 Å². The molecule has 0 spiro atoms. The number of hydrogen-bond acceptors (Lipinski definition) is 3. The van der Waals surface area contributed by atoms with Crippen LogP contribution in [-0.2, 0) is 6.54 Å². The highest BCUT2D eigenvalue weighted by atomic mass is 19.2. The molecule has 0 saturated heterocycles. The van der Waals surface area contributed by atoms with Crippen molar-refractivity contribution >= 4 is 17.1 Å². The van der Waals surface area contributed by atoms with Gasteiger partial charge in [0, 0.05) is 5.56 Å². The van der Waals surface area contributed by atoms with Gasteiger partial charge in [0.15, 0.2) is 11.6 Å². The summed E-state index contributed by atoms with van der Waals surface area (Å²) >= 11 is 0. The molecule has 19 heavy (non-hydrogen) atoms. The Balaban J connectivity index is 2.12. The van der Waals surface area contributed by atoms with Gasteiger partial charge in [0.2, 0.25) is 0 Å². The van der Waals surface area contributed by atoms with Gasteiger partial charge < -0.3 is 5.11 Å². The lowest BCUT2D eigenvalue weighted by molar-refractivity contribution is -0.0493. The molecule has 0 unspecified atom stereocenters. The number of nitrogens with zero attached hydrogens (tertiary/aromatic N) is 3. The topological polar surface area (TPSA) is 50.9 Å². The van der Waals surface area contributed by atoms with Crippen molar-refractivity contribution in [1.29, 1.82) is 0 Å². The number of hydrogen-bond donors (Lipinski definition) is 1. The fourth-order valence-electron chi connectivity index (χ4n) is 2.37. The van der Waals surface area contributed by atoms with Crippen molar-refractivity contribution in [2.24, 2.45) is 0 Å². The molecule has 1 N–H and O–H groups in total. The lowest BCUT2D eigenvalue weighted by Crippen LogP contribution is -2.41. The van der Waals surface area contributed by atoms with Crippen LogP contribution in [-0.4, -0.2) is 25.7 Å². The third-order valence-electron chi connectivity index (χ3n) is 3.66. The summed E-state index contributed by atoms with van der Waals surface area (Å²) in [6, 6.07) is 1.40. The fraction of sp³-hybridized carbons (Fsp3) is 0.385. The van der Waals surface area contributed by atoms with Crippen LogP contribution < -0.4 is 0 Å². The molecule has 0 aliphatic heterocycles. The largest absolute Gasteiger partial charge is 0.388 e. The molecule has 1 aliphatic carbocycles. The van der Waals surface area contributed by atoms with Crippen LogP contribution in [0.15, 0.2) is 12.6 Å². The Labute approximate surface area is 108 Å². The van der Waals surface area contributed by atoms with E-state index in [1.165, 1.54) is 16.8 Å². The van der Waals surface area contributed by atoms with Gasteiger partial charge in [-0.1, -0.05) is 17.9 Å². The number of rotatable bonds is 3. The normalized spacial score (nSPS) is 17.4. The van der Waals surface area contributed by atoms with Crippen LogP contribution in [0.1, 0.15) is 24.8 Å². The molecule has 0 amide bonds. The van der Waals surface area contributed by atoms with Gasteiger partial charge in [-0.15, -0.1) is 5.10 Å². The quantitative estimate of drug-likeness (QED) is 0.926. The predicted octanol–water partition coefficient (Wildman–Crippen LogP) is 2.27. The van der Waals surface area contributed by atoms with Crippen molar-refractivity contribution in [3.63, 3.8) is 0 Å². The minimum absolute atomic E-state index is 0.0107. The Hall–Kier alpha value is -1.82. The van der Waals surface area contributed by atoms with Gasteiger partial charge in [0.1, 0.15) is 11.0 Å². The molecule has 1 fully saturated rings. The Bertz CT molecular complexity index is 661. The third-order valence-corrected chi connectivity index (χ3v) is 3.66. The van der Waals surface area contributed by atoms with E-state index >= 15 is 0 Å². The first kappa shape index (κ1) is 12.2. The smallest absolute Gasteiger partial charge is 0.186 e. The highest BCUT2D eigenvalue weighted by Gasteiger charge is 2.36. The Kier molecular flexibility index (Phi) is 2.63. The van der Waals surface area contributed by atoms with Crippen molar-refractivity contribution in [3.8, 4) is 0 Å². The van der Waals surface area contributed by atoms with Gasteiger partial charge in [-0.3, -0.25) is 0 Å². The van der Waals surface area contributed by atoms with Crippen molar-refractivity contribution in [2.45, 2.75) is 31.4 Å². The number of fused-ring (bicyclic) bond motifs is 1. The average molecular weight is 265 g/mol. The second-order valence-corrected chi connectivity index (χ2v) is 4.99. The molecule has 3 rings (SSSR count). The Morgan fingerprint density at radius 2 is 2.16 bits per heavy atom. The molecule has 0 bridgehead atoms. The molecule has 4 nitrogen and oxygen atoms in total. The molecule has 0 radical (unpaired) electrons. The molecular formula is C13H13F2N3O. The van der Waals surface area contributed by atoms with Crippen LogP contribution in [0.3, 0.4) is 0 Å². The molecule has 0 atom stereocenters. The fourth-order valence-corrected chi connectivity index (χ4v) is 2.37. The predicted molar refractivity (Wildman–Crippen MR) is 66.3 cm³/mol. The van der Waals surface area contributed by atoms with E-state index in [0.717, 1.165) is 6.42 Å². The van der Waals surface area contributed by atoms with E-state index in [-0.39, 0.29) is 23.1 Å². The minimum Gasteiger partial charge on any atom is -0.388 e. The van der Waals surface area contributed by atoms with Gasteiger partial charge in [-0.05, 0) is 25.3 Å². The van der Waals surface area contributed by atoms with Gasteiger partial charge >= 0.3 is 0 Å². The Morgan fingerprint density at radius 1 is 1.42 bits per heavy atom. The summed E-state index contributed by atoms with van der Waals surface area (Å²) in [6.07, 6.45) is 3.45. The van der Waals surface area contributed by atoms with E-state index < -0.39 is 17.2 Å². The molecule has 1 aromatic carbocycles. The number of aliphatic hydroxyl groups is 1. The third kappa shape index (κ3) is 1.83. The first-order valence-corrected chi connectivity index (χ1v) is 6.10. The molecule has 6 heteroatoms. The summed E-state index contributed by atoms with van der Waals surface area (Å²) in [5, 5.41) is 17.7. The Morgan fingerprint density at radius 3 is 2.74 bits per heavy atom. The van der Waals surface area contributed by atoms with Crippen LogP contribution in [0.4, 0.5) is 8.78 Å². The standard InChI is InChI=1S/C13H13F2N3O/c1-2-8-6-9-12(11(15)10(8)14)18(17-16-9)7-13(19)4-3-5-13/h2,6,19H,1,3-5,7H2. The summed E-state index contributed by atoms with van der Waals surface area (Å²) < 4.78 is 29.0. The highest BCUT2D eigenvalue weighted by molar-refractivity contribution is 5.78.